The average Bonchev–Trinajstić information content (AvgIpc) is 3.59. The van der Waals surface area contributed by atoms with E-state index in [9.17, 15) is 14.7 Å². The number of halogens is 1. The highest BCUT2D eigenvalue weighted by atomic mass is 35.5. The normalized spacial score (nSPS) is 21.5. The molecule has 2 aromatic heterocycles. The van der Waals surface area contributed by atoms with Crippen molar-refractivity contribution < 1.29 is 19.4 Å². The van der Waals surface area contributed by atoms with E-state index in [1.165, 1.54) is 6.20 Å². The summed E-state index contributed by atoms with van der Waals surface area (Å²) in [5.41, 5.74) is 1.17. The van der Waals surface area contributed by atoms with Gasteiger partial charge in [-0.2, -0.15) is 0 Å². The number of carboxylic acids is 1. The van der Waals surface area contributed by atoms with E-state index in [0.29, 0.717) is 35.5 Å². The predicted molar refractivity (Wildman–Crippen MR) is 155 cm³/mol. The van der Waals surface area contributed by atoms with Crippen LogP contribution in [0.4, 0.5) is 11.5 Å². The summed E-state index contributed by atoms with van der Waals surface area (Å²) >= 11 is 6.77. The number of aromatic carboxylic acids is 1. The fourth-order valence-electron chi connectivity index (χ4n) is 5.81. The van der Waals surface area contributed by atoms with Crippen molar-refractivity contribution in [2.24, 2.45) is 0 Å². The molecule has 0 saturated carbocycles. The van der Waals surface area contributed by atoms with Gasteiger partial charge in [0.15, 0.2) is 0 Å². The summed E-state index contributed by atoms with van der Waals surface area (Å²) in [6, 6.07) is 7.98. The fraction of sp³-hybridized carbons (Fsp3) is 0.483. The summed E-state index contributed by atoms with van der Waals surface area (Å²) < 4.78 is 13.3. The van der Waals surface area contributed by atoms with Gasteiger partial charge in [-0.15, -0.1) is 0 Å². The third kappa shape index (κ3) is 5.05. The molecule has 1 N–H and O–H groups in total. The molecule has 3 aliphatic heterocycles. The van der Waals surface area contributed by atoms with Crippen molar-refractivity contribution in [2.75, 3.05) is 63.4 Å². The van der Waals surface area contributed by atoms with Crippen molar-refractivity contribution in [3.63, 3.8) is 0 Å². The van der Waals surface area contributed by atoms with Gasteiger partial charge in [-0.25, -0.2) is 9.78 Å². The number of ether oxygens (including phenoxy) is 2. The molecular weight excluding hydrogens is 534 g/mol. The maximum Gasteiger partial charge on any atom is 0.341 e. The van der Waals surface area contributed by atoms with E-state index >= 15 is 0 Å². The molecule has 212 valence electrons. The maximum absolute atomic E-state index is 13.2. The quantitative estimate of drug-likeness (QED) is 0.439. The molecule has 0 radical (unpaired) electrons. The van der Waals surface area contributed by atoms with E-state index in [2.05, 4.69) is 33.8 Å². The van der Waals surface area contributed by atoms with Crippen LogP contribution in [0.5, 0.6) is 0 Å². The monoisotopic (exact) mass is 567 g/mol. The van der Waals surface area contributed by atoms with Crippen LogP contribution in [-0.2, 0) is 9.47 Å². The fourth-order valence-corrected chi connectivity index (χ4v) is 6.09. The first-order valence-corrected chi connectivity index (χ1v) is 14.1. The number of aromatic nitrogens is 2. The first kappa shape index (κ1) is 27.0. The number of carbonyl (C=O) groups is 1. The van der Waals surface area contributed by atoms with Crippen LogP contribution in [0.2, 0.25) is 5.02 Å². The third-order valence-corrected chi connectivity index (χ3v) is 8.63. The van der Waals surface area contributed by atoms with E-state index < -0.39 is 11.4 Å². The molecule has 5 heterocycles. The minimum absolute atomic E-state index is 0.120. The Morgan fingerprint density at radius 3 is 2.75 bits per heavy atom. The van der Waals surface area contributed by atoms with Crippen molar-refractivity contribution in [1.82, 2.24) is 14.5 Å². The molecular formula is C29H34ClN5O5. The van der Waals surface area contributed by atoms with Gasteiger partial charge in [0.1, 0.15) is 11.4 Å². The van der Waals surface area contributed by atoms with Crippen molar-refractivity contribution >= 4 is 40.0 Å². The van der Waals surface area contributed by atoms with Crippen LogP contribution < -0.4 is 15.2 Å². The Morgan fingerprint density at radius 2 is 2.08 bits per heavy atom. The van der Waals surface area contributed by atoms with Gasteiger partial charge in [-0.3, -0.25) is 4.79 Å². The highest BCUT2D eigenvalue weighted by Crippen LogP contribution is 2.36. The predicted octanol–water partition coefficient (Wildman–Crippen LogP) is 3.26. The molecule has 0 bridgehead atoms. The molecule has 3 saturated heterocycles. The van der Waals surface area contributed by atoms with E-state index in [1.807, 2.05) is 18.2 Å². The number of benzene rings is 1. The number of anilines is 2. The number of pyridine rings is 2. The third-order valence-electron chi connectivity index (χ3n) is 8.33. The van der Waals surface area contributed by atoms with Gasteiger partial charge in [-0.1, -0.05) is 11.6 Å². The van der Waals surface area contributed by atoms with Gasteiger partial charge in [0, 0.05) is 43.9 Å². The number of nitrogens with zero attached hydrogens (tertiary/aromatic N) is 5. The summed E-state index contributed by atoms with van der Waals surface area (Å²) in [7, 11) is 4.14. The van der Waals surface area contributed by atoms with Crippen molar-refractivity contribution in [3.05, 3.63) is 57.5 Å². The topological polar surface area (TPSA) is 100 Å². The Balaban J connectivity index is 1.36. The van der Waals surface area contributed by atoms with Crippen molar-refractivity contribution in [3.8, 4) is 5.69 Å². The standard InChI is InChI=1S/C29H34ClN5O5/c1-32(2)20-13-33(14-20)27-6-5-18(12-31-27)35-15-23(29(37)38)28(36)22-10-24(30)26(11-25(22)35)34-8-3-4-19(34)16-40-21-7-9-39-17-21/h5-6,10-12,15,19-21H,3-4,7-9,13-14,16-17H2,1-2H3,(H,37,38)/t19-,21?/m1/s1. The second-order valence-corrected chi connectivity index (χ2v) is 11.5. The number of likely N-dealkylation sites (N-methyl/N-ethyl adjacent to an activating group) is 1. The Kier molecular flexibility index (Phi) is 7.43. The molecule has 11 heteroatoms. The molecule has 3 aromatic rings. The largest absolute Gasteiger partial charge is 0.477 e. The zero-order valence-corrected chi connectivity index (χ0v) is 23.5. The van der Waals surface area contributed by atoms with Crippen LogP contribution >= 0.6 is 11.6 Å². The summed E-state index contributed by atoms with van der Waals surface area (Å²) in [6.07, 6.45) is 6.11. The highest BCUT2D eigenvalue weighted by Gasteiger charge is 2.30. The number of hydrogen-bond donors (Lipinski definition) is 1. The summed E-state index contributed by atoms with van der Waals surface area (Å²) in [6.45, 7) is 4.56. The Bertz CT molecular complexity index is 1460. The lowest BCUT2D eigenvalue weighted by Gasteiger charge is -2.43. The molecule has 10 nitrogen and oxygen atoms in total. The van der Waals surface area contributed by atoms with Crippen LogP contribution in [0, 0.1) is 0 Å². The Morgan fingerprint density at radius 1 is 1.25 bits per heavy atom. The van der Waals surface area contributed by atoms with Gasteiger partial charge >= 0.3 is 5.97 Å². The lowest BCUT2D eigenvalue weighted by molar-refractivity contribution is 0.0356. The van der Waals surface area contributed by atoms with Gasteiger partial charge < -0.3 is 33.8 Å². The summed E-state index contributed by atoms with van der Waals surface area (Å²) in [5.74, 6) is -0.421. The van der Waals surface area contributed by atoms with Crippen LogP contribution in [0.1, 0.15) is 29.6 Å². The smallest absolute Gasteiger partial charge is 0.341 e. The van der Waals surface area contributed by atoms with Gasteiger partial charge in [-0.05, 0) is 57.6 Å². The average molecular weight is 568 g/mol. The second-order valence-electron chi connectivity index (χ2n) is 11.1. The van der Waals surface area contributed by atoms with E-state index in [1.54, 1.807) is 16.8 Å². The molecule has 3 aliphatic rings. The first-order valence-electron chi connectivity index (χ1n) is 13.8. The Labute approximate surface area is 237 Å². The van der Waals surface area contributed by atoms with Crippen LogP contribution in [0.3, 0.4) is 0 Å². The molecule has 2 atom stereocenters. The second kappa shape index (κ2) is 11.0. The molecule has 1 unspecified atom stereocenters. The van der Waals surface area contributed by atoms with Crippen LogP contribution in [0.25, 0.3) is 16.6 Å². The van der Waals surface area contributed by atoms with Crippen LogP contribution in [0.15, 0.2) is 41.5 Å². The number of hydrogen-bond acceptors (Lipinski definition) is 8. The molecule has 3 fully saturated rings. The molecule has 0 amide bonds. The summed E-state index contributed by atoms with van der Waals surface area (Å²) in [4.78, 5) is 36.5. The Hall–Kier alpha value is -3.18. The van der Waals surface area contributed by atoms with Crippen molar-refractivity contribution in [1.29, 1.82) is 0 Å². The van der Waals surface area contributed by atoms with Gasteiger partial charge in [0.05, 0.1) is 53.5 Å². The first-order chi connectivity index (χ1) is 19.3. The minimum atomic E-state index is -1.28. The molecule has 0 spiro atoms. The highest BCUT2D eigenvalue weighted by molar-refractivity contribution is 6.34. The molecule has 6 rings (SSSR count). The minimum Gasteiger partial charge on any atom is -0.477 e. The van der Waals surface area contributed by atoms with E-state index in [-0.39, 0.29) is 23.1 Å². The number of fused-ring (bicyclic) bond motifs is 1. The number of rotatable bonds is 8. The molecule has 1 aromatic carbocycles. The zero-order chi connectivity index (χ0) is 28.0. The van der Waals surface area contributed by atoms with Crippen molar-refractivity contribution in [2.45, 2.75) is 37.5 Å². The lowest BCUT2D eigenvalue weighted by Crippen LogP contribution is -2.57. The zero-order valence-electron chi connectivity index (χ0n) is 22.8. The molecule has 0 aliphatic carbocycles. The van der Waals surface area contributed by atoms with Gasteiger partial charge in [0.25, 0.3) is 0 Å². The van der Waals surface area contributed by atoms with Crippen LogP contribution in [-0.4, -0.2) is 97.3 Å². The van der Waals surface area contributed by atoms with E-state index in [4.69, 9.17) is 21.1 Å². The van der Waals surface area contributed by atoms with E-state index in [0.717, 1.165) is 57.0 Å². The maximum atomic E-state index is 13.2. The SMILES string of the molecule is CN(C)C1CN(c2ccc(-n3cc(C(=O)O)c(=O)c4cc(Cl)c(N5CCC[C@@H]5COC5CCOC5)cc43)cn2)C1. The van der Waals surface area contributed by atoms with Gasteiger partial charge in [0.2, 0.25) is 5.43 Å². The summed E-state index contributed by atoms with van der Waals surface area (Å²) in [5, 5.41) is 10.5. The lowest BCUT2D eigenvalue weighted by atomic mass is 10.1. The number of carboxylic acid groups (broad SMARTS) is 1. The molecule has 40 heavy (non-hydrogen) atoms.